The van der Waals surface area contributed by atoms with Gasteiger partial charge in [0.2, 0.25) is 5.69 Å². The highest BCUT2D eigenvalue weighted by Gasteiger charge is 2.06. The summed E-state index contributed by atoms with van der Waals surface area (Å²) in [7, 11) is 0. The molecule has 0 saturated carbocycles. The van der Waals surface area contributed by atoms with Crippen LogP contribution >= 0.6 is 0 Å². The Morgan fingerprint density at radius 2 is 1.78 bits per heavy atom. The molecule has 1 aromatic heterocycles. The molecule has 2 rings (SSSR count). The maximum absolute atomic E-state index is 10.5. The topological polar surface area (TPSA) is 61.4 Å². The summed E-state index contributed by atoms with van der Waals surface area (Å²) in [6.45, 7) is 0.795. The van der Waals surface area contributed by atoms with Crippen LogP contribution in [0.2, 0.25) is 0 Å². The van der Waals surface area contributed by atoms with Crippen LogP contribution in [0.4, 0.5) is 0 Å². The number of phenols is 1. The second-order valence-corrected chi connectivity index (χ2v) is 5.09. The molecular weight excluding hydrogens is 314 g/mol. The van der Waals surface area contributed by atoms with Gasteiger partial charge in [0.05, 0.1) is 0 Å². The molecule has 0 radical (unpaired) electrons. The maximum atomic E-state index is 10.5. The molecule has 122 valence electrons. The zero-order valence-electron chi connectivity index (χ0n) is 12.7. The zero-order valence-corrected chi connectivity index (χ0v) is 13.5. The fraction of sp³-hybridized carbons (Fsp3) is 0.222. The second-order valence-electron chi connectivity index (χ2n) is 5.09. The molecule has 1 heterocycles. The van der Waals surface area contributed by atoms with E-state index >= 15 is 0 Å². The minimum atomic E-state index is -0.745. The van der Waals surface area contributed by atoms with Crippen molar-refractivity contribution in [1.29, 1.82) is 0 Å². The molecule has 0 spiro atoms. The Kier molecular flexibility index (Phi) is 7.84. The number of aromatic nitrogens is 1. The number of aromatic hydroxyl groups is 1. The van der Waals surface area contributed by atoms with Gasteiger partial charge in [-0.1, -0.05) is 12.1 Å². The number of pyridine rings is 1. The number of unbranched alkanes of at least 4 members (excludes halogenated alkanes) is 1. The van der Waals surface area contributed by atoms with Crippen LogP contribution in [0, 0.1) is 0 Å². The molecule has 4 nitrogen and oxygen atoms in total. The van der Waals surface area contributed by atoms with Gasteiger partial charge < -0.3 is 22.6 Å². The molecule has 0 atom stereocenters. The van der Waals surface area contributed by atoms with Crippen LogP contribution in [0.1, 0.15) is 30.5 Å². The number of rotatable bonds is 7. The Bertz CT molecular complexity index is 654. The van der Waals surface area contributed by atoms with Crippen molar-refractivity contribution < 1.29 is 32.0 Å². The van der Waals surface area contributed by atoms with E-state index in [2.05, 4.69) is 4.57 Å². The third kappa shape index (κ3) is 6.53. The molecule has 0 saturated heterocycles. The van der Waals surface area contributed by atoms with Gasteiger partial charge in [0.1, 0.15) is 12.3 Å². The number of benzene rings is 1. The average Bonchev–Trinajstić information content (AvgIpc) is 2.52. The quantitative estimate of drug-likeness (QED) is 0.558. The number of carbonyl (C=O) groups is 1. The molecule has 5 heteroatoms. The monoisotopic (exact) mass is 333 g/mol. The standard InChI is InChI=1S/C18H19NO3.ClH/c20-17-11-8-15(9-12-17)7-10-16-5-1-3-13-19(16)14-4-2-6-18(21)22;/h1,3,5,7-13H,2,4,6,14H2,(H,21,22);1H. The van der Waals surface area contributed by atoms with E-state index < -0.39 is 5.97 Å². The highest BCUT2D eigenvalue weighted by molar-refractivity contribution is 5.67. The van der Waals surface area contributed by atoms with Crippen molar-refractivity contribution in [2.45, 2.75) is 25.8 Å². The van der Waals surface area contributed by atoms with Gasteiger partial charge in [-0.2, -0.15) is 4.57 Å². The first-order valence-electron chi connectivity index (χ1n) is 7.32. The third-order valence-corrected chi connectivity index (χ3v) is 3.36. The summed E-state index contributed by atoms with van der Waals surface area (Å²) < 4.78 is 2.11. The second kappa shape index (κ2) is 9.64. The van der Waals surface area contributed by atoms with E-state index in [1.165, 1.54) is 0 Å². The lowest BCUT2D eigenvalue weighted by molar-refractivity contribution is -0.699. The number of carboxylic acid groups (broad SMARTS) is 1. The van der Waals surface area contributed by atoms with Crippen LogP contribution in [0.25, 0.3) is 12.2 Å². The molecule has 2 N–H and O–H groups in total. The van der Waals surface area contributed by atoms with E-state index in [-0.39, 0.29) is 24.6 Å². The maximum Gasteiger partial charge on any atom is 0.303 e. The number of hydrogen-bond acceptors (Lipinski definition) is 2. The van der Waals surface area contributed by atoms with Gasteiger partial charge in [-0.15, -0.1) is 0 Å². The molecule has 0 bridgehead atoms. The van der Waals surface area contributed by atoms with Crippen molar-refractivity contribution in [2.24, 2.45) is 0 Å². The fourth-order valence-corrected chi connectivity index (χ4v) is 2.17. The Labute approximate surface area is 142 Å². The van der Waals surface area contributed by atoms with Crippen LogP contribution in [0.15, 0.2) is 48.7 Å². The lowest BCUT2D eigenvalue weighted by Crippen LogP contribution is -3.00. The van der Waals surface area contributed by atoms with E-state index in [1.54, 1.807) is 12.1 Å². The Morgan fingerprint density at radius 1 is 1.04 bits per heavy atom. The number of hydrogen-bond donors (Lipinski definition) is 2. The number of aliphatic carboxylic acids is 1. The van der Waals surface area contributed by atoms with Gasteiger partial charge in [-0.3, -0.25) is 4.79 Å². The normalized spacial score (nSPS) is 10.4. The van der Waals surface area contributed by atoms with E-state index in [4.69, 9.17) is 5.11 Å². The highest BCUT2D eigenvalue weighted by Crippen LogP contribution is 2.12. The smallest absolute Gasteiger partial charge is 0.303 e. The predicted molar refractivity (Wildman–Crippen MR) is 85.2 cm³/mol. The van der Waals surface area contributed by atoms with Crippen molar-refractivity contribution in [1.82, 2.24) is 0 Å². The predicted octanol–water partition coefficient (Wildman–Crippen LogP) is 0.109. The Balaban J connectivity index is 0.00000264. The van der Waals surface area contributed by atoms with Gasteiger partial charge in [-0.05, 0) is 36.3 Å². The molecule has 0 unspecified atom stereocenters. The minimum Gasteiger partial charge on any atom is -1.00 e. The minimum absolute atomic E-state index is 0. The number of halogens is 1. The van der Waals surface area contributed by atoms with Crippen molar-refractivity contribution in [3.63, 3.8) is 0 Å². The summed E-state index contributed by atoms with van der Waals surface area (Å²) in [6.07, 6.45) is 7.73. The fourth-order valence-electron chi connectivity index (χ4n) is 2.17. The Hall–Kier alpha value is -2.33. The lowest BCUT2D eigenvalue weighted by atomic mass is 10.2. The number of phenolic OH excluding ortho intramolecular Hbond substituents is 1. The van der Waals surface area contributed by atoms with Crippen LogP contribution in [-0.4, -0.2) is 16.2 Å². The van der Waals surface area contributed by atoms with Crippen molar-refractivity contribution in [2.75, 3.05) is 0 Å². The van der Waals surface area contributed by atoms with Crippen LogP contribution < -0.4 is 17.0 Å². The molecule has 23 heavy (non-hydrogen) atoms. The summed E-state index contributed by atoms with van der Waals surface area (Å²) in [4.78, 5) is 10.5. The van der Waals surface area contributed by atoms with Gasteiger partial charge in [-0.25, -0.2) is 0 Å². The molecule has 0 amide bonds. The molecule has 1 aromatic carbocycles. The first-order chi connectivity index (χ1) is 10.6. The highest BCUT2D eigenvalue weighted by atomic mass is 35.5. The average molecular weight is 334 g/mol. The van der Waals surface area contributed by atoms with Crippen molar-refractivity contribution >= 4 is 18.1 Å². The van der Waals surface area contributed by atoms with Gasteiger partial charge in [0, 0.05) is 31.1 Å². The molecule has 0 fully saturated rings. The SMILES string of the molecule is O=C(O)CCCC[n+]1ccccc1/C=C/c1ccc(O)cc1.[Cl-]. The van der Waals surface area contributed by atoms with Crippen LogP contribution in [0.5, 0.6) is 5.75 Å². The van der Waals surface area contributed by atoms with E-state index in [0.717, 1.165) is 24.2 Å². The lowest BCUT2D eigenvalue weighted by Gasteiger charge is -2.00. The zero-order chi connectivity index (χ0) is 15.8. The van der Waals surface area contributed by atoms with Gasteiger partial charge in [0.15, 0.2) is 6.20 Å². The summed E-state index contributed by atoms with van der Waals surface area (Å²) in [5.74, 6) is -0.490. The largest absolute Gasteiger partial charge is 1.00 e. The number of aryl methyl sites for hydroxylation is 1. The van der Waals surface area contributed by atoms with Gasteiger partial charge >= 0.3 is 5.97 Å². The van der Waals surface area contributed by atoms with Gasteiger partial charge in [0.25, 0.3) is 0 Å². The number of nitrogens with zero attached hydrogens (tertiary/aromatic N) is 1. The number of carboxylic acids is 1. The molecule has 0 aliphatic carbocycles. The molecule has 2 aromatic rings. The van der Waals surface area contributed by atoms with E-state index in [1.807, 2.05) is 48.7 Å². The van der Waals surface area contributed by atoms with Crippen molar-refractivity contribution in [3.8, 4) is 5.75 Å². The van der Waals surface area contributed by atoms with E-state index in [9.17, 15) is 9.90 Å². The van der Waals surface area contributed by atoms with Crippen LogP contribution in [-0.2, 0) is 11.3 Å². The molecular formula is C18H20ClNO3. The summed E-state index contributed by atoms with van der Waals surface area (Å²) >= 11 is 0. The summed E-state index contributed by atoms with van der Waals surface area (Å²) in [5.41, 5.74) is 2.07. The molecule has 0 aliphatic rings. The van der Waals surface area contributed by atoms with E-state index in [0.29, 0.717) is 6.42 Å². The first-order valence-corrected chi connectivity index (χ1v) is 7.32. The molecule has 0 aliphatic heterocycles. The van der Waals surface area contributed by atoms with Crippen LogP contribution in [0.3, 0.4) is 0 Å². The summed E-state index contributed by atoms with van der Waals surface area (Å²) in [5, 5.41) is 17.9. The van der Waals surface area contributed by atoms with Crippen molar-refractivity contribution in [3.05, 3.63) is 59.9 Å². The first kappa shape index (κ1) is 18.7. The third-order valence-electron chi connectivity index (χ3n) is 3.36. The summed E-state index contributed by atoms with van der Waals surface area (Å²) in [6, 6.07) is 13.0. The Morgan fingerprint density at radius 3 is 2.48 bits per heavy atom.